The minimum absolute atomic E-state index is 0. The van der Waals surface area contributed by atoms with Crippen molar-refractivity contribution < 1.29 is 13.6 Å². The van der Waals surface area contributed by atoms with Gasteiger partial charge in [0.15, 0.2) is 11.6 Å². The van der Waals surface area contributed by atoms with Gasteiger partial charge in [-0.2, -0.15) is 0 Å². The molecule has 0 radical (unpaired) electrons. The van der Waals surface area contributed by atoms with Crippen molar-refractivity contribution in [3.8, 4) is 0 Å². The summed E-state index contributed by atoms with van der Waals surface area (Å²) < 4.78 is 26.9. The minimum atomic E-state index is -0.841. The second-order valence-electron chi connectivity index (χ2n) is 6.05. The zero-order chi connectivity index (χ0) is 14.8. The molecule has 2 N–H and O–H groups in total. The normalized spacial score (nSPS) is 26.9. The molecule has 0 bridgehead atoms. The van der Waals surface area contributed by atoms with Gasteiger partial charge in [-0.25, -0.2) is 8.78 Å². The summed E-state index contributed by atoms with van der Waals surface area (Å²) in [6.07, 6.45) is 2.87. The van der Waals surface area contributed by atoms with Gasteiger partial charge in [-0.15, -0.1) is 12.4 Å². The lowest BCUT2D eigenvalue weighted by Gasteiger charge is -2.22. The van der Waals surface area contributed by atoms with Crippen LogP contribution in [0.3, 0.4) is 0 Å². The van der Waals surface area contributed by atoms with Crippen LogP contribution in [0.25, 0.3) is 0 Å². The van der Waals surface area contributed by atoms with E-state index in [1.807, 2.05) is 0 Å². The highest BCUT2D eigenvalue weighted by molar-refractivity contribution is 5.85. The third-order valence-corrected chi connectivity index (χ3v) is 4.47. The van der Waals surface area contributed by atoms with Gasteiger partial charge < -0.3 is 10.6 Å². The van der Waals surface area contributed by atoms with E-state index in [0.717, 1.165) is 32.0 Å². The molecule has 3 unspecified atom stereocenters. The van der Waals surface area contributed by atoms with Gasteiger partial charge in [0.1, 0.15) is 0 Å². The second kappa shape index (κ2) is 7.38. The molecule has 3 nitrogen and oxygen atoms in total. The van der Waals surface area contributed by atoms with E-state index in [1.165, 1.54) is 6.07 Å². The van der Waals surface area contributed by atoms with Crippen LogP contribution in [-0.4, -0.2) is 25.5 Å². The van der Waals surface area contributed by atoms with Crippen molar-refractivity contribution >= 4 is 18.3 Å². The fourth-order valence-corrected chi connectivity index (χ4v) is 3.11. The van der Waals surface area contributed by atoms with Crippen LogP contribution in [0.4, 0.5) is 8.78 Å². The molecule has 1 aliphatic heterocycles. The Balaban J connectivity index is 0.00000176. The number of carbonyl (C=O) groups excluding carboxylic acids is 1. The Labute approximate surface area is 135 Å². The van der Waals surface area contributed by atoms with Gasteiger partial charge in [-0.3, -0.25) is 4.79 Å². The summed E-state index contributed by atoms with van der Waals surface area (Å²) in [6.45, 7) is 2.65. The van der Waals surface area contributed by atoms with Crippen LogP contribution in [-0.2, 0) is 4.79 Å². The van der Waals surface area contributed by atoms with E-state index in [-0.39, 0.29) is 30.2 Å². The molecule has 2 aliphatic rings. The van der Waals surface area contributed by atoms with Gasteiger partial charge in [-0.1, -0.05) is 12.1 Å². The Morgan fingerprint density at radius 2 is 2.18 bits per heavy atom. The van der Waals surface area contributed by atoms with Crippen molar-refractivity contribution in [2.75, 3.05) is 19.6 Å². The predicted octanol–water partition coefficient (Wildman–Crippen LogP) is 2.61. The molecule has 1 aliphatic carbocycles. The molecule has 1 amide bonds. The molecule has 6 heteroatoms. The van der Waals surface area contributed by atoms with Crippen LogP contribution in [0, 0.1) is 23.5 Å². The number of carbonyl (C=O) groups is 1. The summed E-state index contributed by atoms with van der Waals surface area (Å²) in [6, 6.07) is 4.17. The summed E-state index contributed by atoms with van der Waals surface area (Å²) in [5.41, 5.74) is 0.328. The molecule has 22 heavy (non-hydrogen) atoms. The number of piperidine rings is 1. The zero-order valence-corrected chi connectivity index (χ0v) is 13.1. The largest absolute Gasteiger partial charge is 0.356 e. The molecule has 122 valence electrons. The second-order valence-corrected chi connectivity index (χ2v) is 6.05. The first-order chi connectivity index (χ1) is 10.2. The quantitative estimate of drug-likeness (QED) is 0.891. The molecule has 1 saturated carbocycles. The van der Waals surface area contributed by atoms with Crippen molar-refractivity contribution in [3.05, 3.63) is 35.4 Å². The molecule has 1 saturated heterocycles. The van der Waals surface area contributed by atoms with Gasteiger partial charge in [0.2, 0.25) is 5.91 Å². The van der Waals surface area contributed by atoms with Crippen LogP contribution >= 0.6 is 12.4 Å². The maximum atomic E-state index is 13.7. The number of halogens is 3. The lowest BCUT2D eigenvalue weighted by atomic mass is 9.99. The minimum Gasteiger partial charge on any atom is -0.356 e. The fraction of sp³-hybridized carbons (Fsp3) is 0.562. The van der Waals surface area contributed by atoms with Crippen LogP contribution in [0.5, 0.6) is 0 Å². The average Bonchev–Trinajstić information content (AvgIpc) is 3.29. The Morgan fingerprint density at radius 3 is 2.91 bits per heavy atom. The van der Waals surface area contributed by atoms with Crippen molar-refractivity contribution in [1.82, 2.24) is 10.6 Å². The van der Waals surface area contributed by atoms with E-state index >= 15 is 0 Å². The van der Waals surface area contributed by atoms with Gasteiger partial charge in [0, 0.05) is 12.5 Å². The molecule has 1 aromatic carbocycles. The van der Waals surface area contributed by atoms with E-state index in [1.54, 1.807) is 6.07 Å². The first kappa shape index (κ1) is 17.2. The number of hydrogen-bond acceptors (Lipinski definition) is 2. The monoisotopic (exact) mass is 330 g/mol. The van der Waals surface area contributed by atoms with E-state index < -0.39 is 11.6 Å². The van der Waals surface area contributed by atoms with Crippen molar-refractivity contribution in [3.63, 3.8) is 0 Å². The van der Waals surface area contributed by atoms with Crippen LogP contribution in [0.1, 0.15) is 30.7 Å². The molecule has 0 spiro atoms. The van der Waals surface area contributed by atoms with Gasteiger partial charge in [0.05, 0.1) is 0 Å². The number of nitrogens with one attached hydrogen (secondary N) is 2. The van der Waals surface area contributed by atoms with Crippen molar-refractivity contribution in [2.45, 2.75) is 25.2 Å². The number of hydrogen-bond donors (Lipinski definition) is 2. The number of benzene rings is 1. The highest BCUT2D eigenvalue weighted by Gasteiger charge is 2.45. The third-order valence-electron chi connectivity index (χ3n) is 4.47. The Kier molecular flexibility index (Phi) is 5.75. The summed E-state index contributed by atoms with van der Waals surface area (Å²) in [4.78, 5) is 12.1. The van der Waals surface area contributed by atoms with Gasteiger partial charge in [0.25, 0.3) is 0 Å². The molecule has 3 atom stereocenters. The predicted molar refractivity (Wildman–Crippen MR) is 83.1 cm³/mol. The van der Waals surface area contributed by atoms with E-state index in [2.05, 4.69) is 10.6 Å². The number of rotatable bonds is 4. The van der Waals surface area contributed by atoms with E-state index in [9.17, 15) is 13.6 Å². The van der Waals surface area contributed by atoms with Crippen LogP contribution < -0.4 is 10.6 Å². The first-order valence-corrected chi connectivity index (χ1v) is 7.59. The van der Waals surface area contributed by atoms with Gasteiger partial charge in [-0.05, 0) is 55.8 Å². The SMILES string of the molecule is Cl.O=C(NCC1CCCNC1)C1CC1c1cccc(F)c1F. The van der Waals surface area contributed by atoms with E-state index in [0.29, 0.717) is 24.4 Å². The zero-order valence-electron chi connectivity index (χ0n) is 12.3. The van der Waals surface area contributed by atoms with Crippen LogP contribution in [0.15, 0.2) is 18.2 Å². The average molecular weight is 331 g/mol. The lowest BCUT2D eigenvalue weighted by molar-refractivity contribution is -0.122. The Morgan fingerprint density at radius 1 is 1.36 bits per heavy atom. The van der Waals surface area contributed by atoms with E-state index in [4.69, 9.17) is 0 Å². The standard InChI is InChI=1S/C16H20F2N2O.ClH/c17-14-5-1-4-11(15(14)18)12-7-13(12)16(21)20-9-10-3-2-6-19-8-10;/h1,4-5,10,12-13,19H,2-3,6-9H2,(H,20,21);1H. The van der Waals surface area contributed by atoms with Crippen molar-refractivity contribution in [1.29, 1.82) is 0 Å². The van der Waals surface area contributed by atoms with Gasteiger partial charge >= 0.3 is 0 Å². The lowest BCUT2D eigenvalue weighted by Crippen LogP contribution is -2.38. The number of amides is 1. The fourth-order valence-electron chi connectivity index (χ4n) is 3.11. The maximum Gasteiger partial charge on any atom is 0.223 e. The molecule has 3 rings (SSSR count). The third kappa shape index (κ3) is 3.76. The molecule has 1 heterocycles. The molecular formula is C16H21ClF2N2O. The highest BCUT2D eigenvalue weighted by atomic mass is 35.5. The molecular weight excluding hydrogens is 310 g/mol. The maximum absolute atomic E-state index is 13.7. The smallest absolute Gasteiger partial charge is 0.223 e. The summed E-state index contributed by atoms with van der Waals surface area (Å²) in [5.74, 6) is -1.59. The first-order valence-electron chi connectivity index (χ1n) is 7.59. The Bertz CT molecular complexity index is 535. The highest BCUT2D eigenvalue weighted by Crippen LogP contribution is 2.48. The topological polar surface area (TPSA) is 41.1 Å². The molecule has 1 aromatic rings. The summed E-state index contributed by atoms with van der Waals surface area (Å²) >= 11 is 0. The summed E-state index contributed by atoms with van der Waals surface area (Å²) in [7, 11) is 0. The van der Waals surface area contributed by atoms with Crippen LogP contribution in [0.2, 0.25) is 0 Å². The summed E-state index contributed by atoms with van der Waals surface area (Å²) in [5, 5.41) is 6.26. The molecule has 2 fully saturated rings. The van der Waals surface area contributed by atoms with Crippen molar-refractivity contribution in [2.24, 2.45) is 11.8 Å². The Hall–Kier alpha value is -1.20. The molecule has 0 aromatic heterocycles.